The Labute approximate surface area is 132 Å². The second kappa shape index (κ2) is 6.05. The van der Waals surface area contributed by atoms with Crippen LogP contribution in [0.1, 0.15) is 14.9 Å². The number of non-ortho nitro benzene ring substituents is 1. The van der Waals surface area contributed by atoms with Gasteiger partial charge in [-0.25, -0.2) is 0 Å². The van der Waals surface area contributed by atoms with Crippen molar-refractivity contribution in [2.75, 3.05) is 0 Å². The van der Waals surface area contributed by atoms with Crippen molar-refractivity contribution in [1.29, 1.82) is 0 Å². The van der Waals surface area contributed by atoms with Gasteiger partial charge in [0.1, 0.15) is 0 Å². The number of nitro groups is 1. The van der Waals surface area contributed by atoms with E-state index in [1.807, 2.05) is 23.1 Å². The molecule has 1 aromatic heterocycles. The molecule has 0 saturated heterocycles. The van der Waals surface area contributed by atoms with Gasteiger partial charge in [-0.05, 0) is 0 Å². The van der Waals surface area contributed by atoms with Crippen molar-refractivity contribution >= 4 is 26.0 Å². The molecule has 108 valence electrons. The topological polar surface area (TPSA) is 73.1 Å². The Morgan fingerprint density at radius 1 is 1.05 bits per heavy atom. The molecule has 5 nitrogen and oxygen atoms in total. The van der Waals surface area contributed by atoms with Crippen LogP contribution in [0.15, 0.2) is 59.5 Å². The molecule has 2 aromatic carbocycles. The summed E-state index contributed by atoms with van der Waals surface area (Å²) in [6.07, 6.45) is 0. The number of nitro benzene ring substituents is 1. The average Bonchev–Trinajstić information content (AvgIpc) is 3.05. The van der Waals surface area contributed by atoms with E-state index in [1.165, 1.54) is 12.1 Å². The molecule has 0 N–H and O–H groups in total. The minimum absolute atomic E-state index is 0.0393. The molecule has 6 heteroatoms. The van der Waals surface area contributed by atoms with Crippen LogP contribution in [0.2, 0.25) is 0 Å². The van der Waals surface area contributed by atoms with E-state index in [2.05, 4.69) is 4.98 Å². The van der Waals surface area contributed by atoms with Crippen LogP contribution in [0.5, 0.6) is 0 Å². The summed E-state index contributed by atoms with van der Waals surface area (Å²) in [5.74, 6) is -0.0613. The van der Waals surface area contributed by atoms with Crippen molar-refractivity contribution < 1.29 is 9.72 Å². The van der Waals surface area contributed by atoms with Crippen molar-refractivity contribution in [2.45, 2.75) is 0 Å². The first kappa shape index (κ1) is 14.4. The molecule has 0 saturated carbocycles. The van der Waals surface area contributed by atoms with Gasteiger partial charge in [0, 0.05) is 0 Å². The van der Waals surface area contributed by atoms with E-state index < -0.39 is 4.92 Å². The first-order chi connectivity index (χ1) is 10.6. The predicted molar refractivity (Wildman–Crippen MR) is 83.1 cm³/mol. The molecule has 0 bridgehead atoms. The van der Waals surface area contributed by atoms with Crippen molar-refractivity contribution in [3.05, 3.63) is 79.8 Å². The molecule has 0 amide bonds. The van der Waals surface area contributed by atoms with Gasteiger partial charge in [0.05, 0.1) is 0 Å². The standard InChI is InChI=1S/C16H10N2O3Se/c19-15(12-4-2-1-3-5-12)16-17-14(10-22-16)11-6-8-13(9-7-11)18(20)21/h1-10H. The van der Waals surface area contributed by atoms with Crippen molar-refractivity contribution in [2.24, 2.45) is 0 Å². The summed E-state index contributed by atoms with van der Waals surface area (Å²) in [4.78, 5) is 28.9. The zero-order valence-corrected chi connectivity index (χ0v) is 13.0. The number of carbonyl (C=O) groups excluding carboxylic acids is 1. The van der Waals surface area contributed by atoms with Crippen molar-refractivity contribution in [3.8, 4) is 11.3 Å². The molecule has 0 spiro atoms. The van der Waals surface area contributed by atoms with Crippen LogP contribution in [0.4, 0.5) is 5.69 Å². The third-order valence-electron chi connectivity index (χ3n) is 3.11. The molecule has 1 heterocycles. The van der Waals surface area contributed by atoms with Crippen LogP contribution in [-0.2, 0) is 0 Å². The summed E-state index contributed by atoms with van der Waals surface area (Å²) in [6, 6.07) is 15.2. The van der Waals surface area contributed by atoms with Crippen LogP contribution < -0.4 is 0 Å². The number of hydrogen-bond donors (Lipinski definition) is 0. The van der Waals surface area contributed by atoms with Gasteiger partial charge in [0.25, 0.3) is 0 Å². The van der Waals surface area contributed by atoms with Gasteiger partial charge in [-0.3, -0.25) is 0 Å². The maximum absolute atomic E-state index is 12.3. The molecule has 0 unspecified atom stereocenters. The summed E-state index contributed by atoms with van der Waals surface area (Å²) in [7, 11) is 0. The Hall–Kier alpha value is -2.56. The number of aromatic nitrogens is 1. The number of hydrogen-bond acceptors (Lipinski definition) is 4. The van der Waals surface area contributed by atoms with Crippen LogP contribution in [-0.4, -0.2) is 30.2 Å². The number of nitrogens with zero attached hydrogens (tertiary/aromatic N) is 2. The third-order valence-corrected chi connectivity index (χ3v) is 4.87. The summed E-state index contributed by atoms with van der Waals surface area (Å²) in [5.41, 5.74) is 2.15. The van der Waals surface area contributed by atoms with Crippen molar-refractivity contribution in [3.63, 3.8) is 0 Å². The number of ketones is 1. The van der Waals surface area contributed by atoms with E-state index in [1.54, 1.807) is 24.3 Å². The first-order valence-corrected chi connectivity index (χ1v) is 8.30. The van der Waals surface area contributed by atoms with E-state index in [9.17, 15) is 14.9 Å². The van der Waals surface area contributed by atoms with Gasteiger partial charge in [0.15, 0.2) is 0 Å². The SMILES string of the molecule is O=C(c1ccccc1)c1nc(-c2ccc([N+](=O)[O-])cc2)c[se]1. The normalized spacial score (nSPS) is 10.4. The molecule has 0 aliphatic carbocycles. The fourth-order valence-electron chi connectivity index (χ4n) is 1.98. The molecule has 3 aromatic rings. The Morgan fingerprint density at radius 3 is 2.36 bits per heavy atom. The second-order valence-corrected chi connectivity index (χ2v) is 6.34. The maximum atomic E-state index is 12.3. The van der Waals surface area contributed by atoms with Gasteiger partial charge in [0.2, 0.25) is 0 Å². The van der Waals surface area contributed by atoms with Crippen LogP contribution in [0.25, 0.3) is 11.3 Å². The molecule has 0 radical (unpaired) electrons. The van der Waals surface area contributed by atoms with Gasteiger partial charge in [-0.1, -0.05) is 0 Å². The molecular weight excluding hydrogens is 347 g/mol. The average molecular weight is 357 g/mol. The van der Waals surface area contributed by atoms with Gasteiger partial charge in [-0.2, -0.15) is 0 Å². The summed E-state index contributed by atoms with van der Waals surface area (Å²) >= 11 is -0.121. The number of benzene rings is 2. The Kier molecular flexibility index (Phi) is 3.96. The summed E-state index contributed by atoms with van der Waals surface area (Å²) < 4.78 is 0.548. The molecular formula is C16H10N2O3Se. The molecule has 0 fully saturated rings. The minimum atomic E-state index is -0.440. The quantitative estimate of drug-likeness (QED) is 0.311. The first-order valence-electron chi connectivity index (χ1n) is 6.45. The van der Waals surface area contributed by atoms with Crippen LogP contribution in [0.3, 0.4) is 0 Å². The van der Waals surface area contributed by atoms with E-state index in [4.69, 9.17) is 0 Å². The Bertz CT molecular complexity index is 826. The summed E-state index contributed by atoms with van der Waals surface area (Å²) in [6.45, 7) is 0. The fourth-order valence-corrected chi connectivity index (χ4v) is 3.63. The molecule has 22 heavy (non-hydrogen) atoms. The van der Waals surface area contributed by atoms with Crippen LogP contribution in [0, 0.1) is 10.1 Å². The zero-order valence-electron chi connectivity index (χ0n) is 11.3. The van der Waals surface area contributed by atoms with E-state index in [0.717, 1.165) is 5.56 Å². The molecule has 0 aliphatic rings. The third kappa shape index (κ3) is 2.88. The fraction of sp³-hybridized carbons (Fsp3) is 0. The van der Waals surface area contributed by atoms with Gasteiger partial charge in [-0.15, -0.1) is 0 Å². The van der Waals surface area contributed by atoms with E-state index in [0.29, 0.717) is 15.8 Å². The Balaban J connectivity index is 1.87. The molecule has 0 atom stereocenters. The monoisotopic (exact) mass is 358 g/mol. The van der Waals surface area contributed by atoms with Gasteiger partial charge >= 0.3 is 132 Å². The van der Waals surface area contributed by atoms with Crippen LogP contribution >= 0.6 is 0 Å². The van der Waals surface area contributed by atoms with Crippen molar-refractivity contribution in [1.82, 2.24) is 4.98 Å². The number of carbonyl (C=O) groups is 1. The van der Waals surface area contributed by atoms with E-state index >= 15 is 0 Å². The molecule has 3 rings (SSSR count). The van der Waals surface area contributed by atoms with E-state index in [-0.39, 0.29) is 26.0 Å². The molecule has 0 aliphatic heterocycles. The number of rotatable bonds is 4. The summed E-state index contributed by atoms with van der Waals surface area (Å²) in [5, 5.41) is 10.7. The zero-order chi connectivity index (χ0) is 15.5. The van der Waals surface area contributed by atoms with Gasteiger partial charge < -0.3 is 0 Å². The Morgan fingerprint density at radius 2 is 1.73 bits per heavy atom. The predicted octanol–water partition coefficient (Wildman–Crippen LogP) is 2.94. The second-order valence-electron chi connectivity index (χ2n) is 4.54.